The van der Waals surface area contributed by atoms with Crippen LogP contribution in [-0.4, -0.2) is 37.2 Å². The van der Waals surface area contributed by atoms with Crippen molar-refractivity contribution in [3.63, 3.8) is 0 Å². The average molecular weight is 787 g/mol. The van der Waals surface area contributed by atoms with Crippen LogP contribution >= 0.6 is 0 Å². The quantitative estimate of drug-likeness (QED) is 0.0265. The fourth-order valence-electron chi connectivity index (χ4n) is 6.74. The minimum absolute atomic E-state index is 0.0729. The van der Waals surface area contributed by atoms with E-state index in [0.717, 1.165) is 77.0 Å². The van der Waals surface area contributed by atoms with Crippen molar-refractivity contribution >= 4 is 17.9 Å². The molecule has 0 rings (SSSR count). The van der Waals surface area contributed by atoms with Gasteiger partial charge in [0.2, 0.25) is 0 Å². The van der Waals surface area contributed by atoms with Gasteiger partial charge in [0.15, 0.2) is 6.10 Å². The maximum Gasteiger partial charge on any atom is 0.306 e. The molecule has 0 aromatic heterocycles. The molecule has 0 radical (unpaired) electrons. The van der Waals surface area contributed by atoms with Gasteiger partial charge in [-0.2, -0.15) is 0 Å². The zero-order valence-corrected chi connectivity index (χ0v) is 37.2. The van der Waals surface area contributed by atoms with E-state index in [2.05, 4.69) is 57.2 Å². The molecule has 0 amide bonds. The second-order valence-corrected chi connectivity index (χ2v) is 16.0. The van der Waals surface area contributed by atoms with Crippen LogP contribution in [-0.2, 0) is 28.6 Å². The Morgan fingerprint density at radius 3 is 1.00 bits per heavy atom. The molecule has 0 aliphatic rings. The number of hydrogen-bond acceptors (Lipinski definition) is 6. The molecule has 0 aliphatic heterocycles. The molecule has 0 bridgehead atoms. The van der Waals surface area contributed by atoms with E-state index in [-0.39, 0.29) is 31.1 Å². The van der Waals surface area contributed by atoms with Crippen LogP contribution in [0.2, 0.25) is 0 Å². The fourth-order valence-corrected chi connectivity index (χ4v) is 6.74. The van der Waals surface area contributed by atoms with Gasteiger partial charge in [-0.25, -0.2) is 0 Å². The molecule has 0 fully saturated rings. The number of unbranched alkanes of at least 4 members (excludes halogenated alkanes) is 26. The van der Waals surface area contributed by atoms with Crippen molar-refractivity contribution in [1.82, 2.24) is 0 Å². The monoisotopic (exact) mass is 787 g/mol. The Bertz CT molecular complexity index is 953. The van der Waals surface area contributed by atoms with Crippen LogP contribution in [0.3, 0.4) is 0 Å². The summed E-state index contributed by atoms with van der Waals surface area (Å²) in [6.45, 7) is 6.54. The van der Waals surface area contributed by atoms with E-state index in [4.69, 9.17) is 14.2 Å². The van der Waals surface area contributed by atoms with Crippen LogP contribution < -0.4 is 0 Å². The van der Waals surface area contributed by atoms with Crippen molar-refractivity contribution in [1.29, 1.82) is 0 Å². The zero-order valence-electron chi connectivity index (χ0n) is 37.2. The Labute approximate surface area is 346 Å². The number of carbonyl (C=O) groups is 3. The Balaban J connectivity index is 4.11. The summed E-state index contributed by atoms with van der Waals surface area (Å²) < 4.78 is 16.6. The van der Waals surface area contributed by atoms with Crippen molar-refractivity contribution in [3.8, 4) is 0 Å². The highest BCUT2D eigenvalue weighted by atomic mass is 16.6. The number of esters is 3. The first kappa shape index (κ1) is 53.6. The third kappa shape index (κ3) is 42.8. The van der Waals surface area contributed by atoms with Gasteiger partial charge < -0.3 is 14.2 Å². The van der Waals surface area contributed by atoms with E-state index < -0.39 is 6.10 Å². The summed E-state index contributed by atoms with van der Waals surface area (Å²) in [5.41, 5.74) is 0. The smallest absolute Gasteiger partial charge is 0.306 e. The van der Waals surface area contributed by atoms with Gasteiger partial charge in [-0.05, 0) is 57.8 Å². The van der Waals surface area contributed by atoms with Gasteiger partial charge >= 0.3 is 17.9 Å². The Kier molecular flexibility index (Phi) is 43.4. The molecule has 0 N–H and O–H groups in total. The Morgan fingerprint density at radius 2 is 0.643 bits per heavy atom. The van der Waals surface area contributed by atoms with E-state index in [0.29, 0.717) is 19.3 Å². The molecule has 0 aliphatic carbocycles. The molecular weight excluding hydrogens is 697 g/mol. The Hall–Kier alpha value is -2.37. The predicted molar refractivity (Wildman–Crippen MR) is 238 cm³/mol. The van der Waals surface area contributed by atoms with Crippen LogP contribution in [0.25, 0.3) is 0 Å². The summed E-state index contributed by atoms with van der Waals surface area (Å²) in [6.07, 6.45) is 51.6. The Morgan fingerprint density at radius 1 is 0.357 bits per heavy atom. The van der Waals surface area contributed by atoms with Crippen molar-refractivity contribution in [2.24, 2.45) is 0 Å². The number of carbonyl (C=O) groups excluding carboxylic acids is 3. The molecule has 0 aromatic carbocycles. The van der Waals surface area contributed by atoms with E-state index in [1.54, 1.807) is 0 Å². The lowest BCUT2D eigenvalue weighted by atomic mass is 10.1. The number of ether oxygens (including phenoxy) is 3. The van der Waals surface area contributed by atoms with Crippen LogP contribution in [0.4, 0.5) is 0 Å². The normalized spacial score (nSPS) is 12.3. The van der Waals surface area contributed by atoms with E-state index in [9.17, 15) is 14.4 Å². The second kappa shape index (κ2) is 45.3. The van der Waals surface area contributed by atoms with Crippen molar-refractivity contribution < 1.29 is 28.6 Å². The van der Waals surface area contributed by atoms with Crippen LogP contribution in [0, 0.1) is 0 Å². The fraction of sp³-hybridized carbons (Fsp3) is 0.820. The van der Waals surface area contributed by atoms with Gasteiger partial charge in [0.05, 0.1) is 0 Å². The average Bonchev–Trinajstić information content (AvgIpc) is 3.19. The predicted octanol–water partition coefficient (Wildman–Crippen LogP) is 15.4. The first-order chi connectivity index (χ1) is 27.5. The molecule has 6 nitrogen and oxygen atoms in total. The summed E-state index contributed by atoms with van der Waals surface area (Å²) in [4.78, 5) is 37.5. The van der Waals surface area contributed by atoms with Crippen LogP contribution in [0.1, 0.15) is 245 Å². The molecule has 326 valence electrons. The number of rotatable bonds is 43. The molecule has 0 saturated heterocycles. The van der Waals surface area contributed by atoms with Gasteiger partial charge in [0, 0.05) is 19.3 Å². The second-order valence-electron chi connectivity index (χ2n) is 16.0. The van der Waals surface area contributed by atoms with Gasteiger partial charge in [-0.3, -0.25) is 14.4 Å². The summed E-state index contributed by atoms with van der Waals surface area (Å²) in [6, 6.07) is 0. The first-order valence-electron chi connectivity index (χ1n) is 24.0. The highest BCUT2D eigenvalue weighted by Crippen LogP contribution is 2.14. The molecule has 56 heavy (non-hydrogen) atoms. The maximum atomic E-state index is 12.6. The summed E-state index contributed by atoms with van der Waals surface area (Å²) in [5, 5.41) is 0. The molecule has 1 atom stereocenters. The minimum Gasteiger partial charge on any atom is -0.462 e. The van der Waals surface area contributed by atoms with Crippen molar-refractivity contribution in [2.45, 2.75) is 252 Å². The van der Waals surface area contributed by atoms with E-state index >= 15 is 0 Å². The third-order valence-electron chi connectivity index (χ3n) is 10.4. The zero-order chi connectivity index (χ0) is 40.8. The lowest BCUT2D eigenvalue weighted by Gasteiger charge is -2.18. The minimum atomic E-state index is -0.766. The largest absolute Gasteiger partial charge is 0.462 e. The van der Waals surface area contributed by atoms with Gasteiger partial charge in [-0.15, -0.1) is 0 Å². The van der Waals surface area contributed by atoms with Gasteiger partial charge in [-0.1, -0.05) is 205 Å². The molecule has 1 unspecified atom stereocenters. The van der Waals surface area contributed by atoms with Gasteiger partial charge in [0.25, 0.3) is 0 Å². The summed E-state index contributed by atoms with van der Waals surface area (Å²) >= 11 is 0. The van der Waals surface area contributed by atoms with Gasteiger partial charge in [0.1, 0.15) is 13.2 Å². The lowest BCUT2D eigenvalue weighted by Crippen LogP contribution is -2.30. The molecule has 0 aromatic rings. The SMILES string of the molecule is CCCCCCC/C=C\C/C=C\C/C=C\CCCCCCCCCCC(=O)OCC(COC(=O)CCCCCCCC)OC(=O)CCCCCCCCCCC. The first-order valence-corrected chi connectivity index (χ1v) is 24.0. The molecule has 6 heteroatoms. The lowest BCUT2D eigenvalue weighted by molar-refractivity contribution is -0.167. The maximum absolute atomic E-state index is 12.6. The van der Waals surface area contributed by atoms with Crippen LogP contribution in [0.15, 0.2) is 36.5 Å². The number of hydrogen-bond donors (Lipinski definition) is 0. The molecule has 0 saturated carbocycles. The highest BCUT2D eigenvalue weighted by molar-refractivity contribution is 5.71. The molecular formula is C50H90O6. The summed E-state index contributed by atoms with van der Waals surface area (Å²) in [5.74, 6) is -0.889. The van der Waals surface area contributed by atoms with Crippen LogP contribution in [0.5, 0.6) is 0 Å². The van der Waals surface area contributed by atoms with Crippen molar-refractivity contribution in [3.05, 3.63) is 36.5 Å². The third-order valence-corrected chi connectivity index (χ3v) is 10.4. The number of allylic oxidation sites excluding steroid dienone is 6. The highest BCUT2D eigenvalue weighted by Gasteiger charge is 2.19. The molecule has 0 spiro atoms. The van der Waals surface area contributed by atoms with Crippen molar-refractivity contribution in [2.75, 3.05) is 13.2 Å². The molecule has 0 heterocycles. The summed E-state index contributed by atoms with van der Waals surface area (Å²) in [7, 11) is 0. The van der Waals surface area contributed by atoms with E-state index in [1.165, 1.54) is 128 Å². The standard InChI is InChI=1S/C50H90O6/c1-4-7-10-13-16-18-19-20-21-22-23-24-25-26-27-28-29-30-31-33-34-37-40-43-49(52)55-46-47(45-54-48(51)42-39-36-15-12-9-6-3)56-50(53)44-41-38-35-32-17-14-11-8-5-2/h19-20,22-23,25-26,47H,4-18,21,24,27-46H2,1-3H3/b20-19-,23-22-,26-25-. The van der Waals surface area contributed by atoms with E-state index in [1.807, 2.05) is 0 Å². The topological polar surface area (TPSA) is 78.9 Å².